The van der Waals surface area contributed by atoms with Gasteiger partial charge in [-0.3, -0.25) is 9.69 Å². The van der Waals surface area contributed by atoms with Crippen LogP contribution in [0.15, 0.2) is 23.6 Å². The van der Waals surface area contributed by atoms with Crippen molar-refractivity contribution in [2.24, 2.45) is 0 Å². The molecule has 9 heteroatoms. The minimum Gasteiger partial charge on any atom is -0.379 e. The lowest BCUT2D eigenvalue weighted by atomic mass is 10.3. The molecule has 1 amide bonds. The fourth-order valence-corrected chi connectivity index (χ4v) is 3.79. The molecule has 27 heavy (non-hydrogen) atoms. The van der Waals surface area contributed by atoms with Gasteiger partial charge in [0.05, 0.1) is 30.8 Å². The average molecular weight is 389 g/mol. The zero-order valence-electron chi connectivity index (χ0n) is 14.7. The summed E-state index contributed by atoms with van der Waals surface area (Å²) in [7, 11) is 0. The van der Waals surface area contributed by atoms with E-state index in [2.05, 4.69) is 25.2 Å². The summed E-state index contributed by atoms with van der Waals surface area (Å²) in [5, 5.41) is 5.58. The number of fused-ring (bicyclic) bond motifs is 1. The summed E-state index contributed by atoms with van der Waals surface area (Å²) in [6.07, 6.45) is 0.535. The third-order valence-corrected chi connectivity index (χ3v) is 5.22. The topological polar surface area (TPSA) is 83.1 Å². The molecule has 0 radical (unpaired) electrons. The second-order valence-corrected chi connectivity index (χ2v) is 7.31. The first-order valence-electron chi connectivity index (χ1n) is 8.84. The molecule has 0 aliphatic carbocycles. The maximum atomic E-state index is 13.2. The van der Waals surface area contributed by atoms with Crippen molar-refractivity contribution in [2.45, 2.75) is 13.0 Å². The number of halogens is 1. The number of carbonyl (C=O) groups is 1. The summed E-state index contributed by atoms with van der Waals surface area (Å²) in [6.45, 7) is 4.44. The van der Waals surface area contributed by atoms with Gasteiger partial charge in [-0.05, 0) is 18.2 Å². The molecule has 0 unspecified atom stereocenters. The highest BCUT2D eigenvalue weighted by Gasteiger charge is 2.15. The average Bonchev–Trinajstić information content (AvgIpc) is 3.29. The van der Waals surface area contributed by atoms with E-state index in [9.17, 15) is 9.18 Å². The van der Waals surface area contributed by atoms with E-state index in [1.807, 2.05) is 0 Å². The fourth-order valence-electron chi connectivity index (χ4n) is 2.98. The van der Waals surface area contributed by atoms with Crippen molar-refractivity contribution in [2.75, 3.05) is 32.8 Å². The Balaban J connectivity index is 1.28. The molecular weight excluding hydrogens is 369 g/mol. The molecule has 3 heterocycles. The Morgan fingerprint density at radius 1 is 1.33 bits per heavy atom. The van der Waals surface area contributed by atoms with E-state index in [1.165, 1.54) is 23.5 Å². The number of hydrogen-bond acceptors (Lipinski definition) is 6. The highest BCUT2D eigenvalue weighted by Crippen LogP contribution is 2.14. The summed E-state index contributed by atoms with van der Waals surface area (Å²) >= 11 is 1.50. The number of aromatic amines is 1. The molecule has 7 nitrogen and oxygen atoms in total. The van der Waals surface area contributed by atoms with Gasteiger partial charge in [-0.25, -0.2) is 14.4 Å². The van der Waals surface area contributed by atoms with Gasteiger partial charge >= 0.3 is 0 Å². The van der Waals surface area contributed by atoms with Gasteiger partial charge in [0.1, 0.15) is 22.3 Å². The number of H-pyrrole nitrogens is 1. The number of amides is 1. The number of thiazole rings is 1. The van der Waals surface area contributed by atoms with E-state index >= 15 is 0 Å². The van der Waals surface area contributed by atoms with E-state index in [0.29, 0.717) is 35.5 Å². The molecule has 0 saturated carbocycles. The van der Waals surface area contributed by atoms with Crippen LogP contribution in [0, 0.1) is 5.82 Å². The lowest BCUT2D eigenvalue weighted by molar-refractivity contribution is 0.0341. The zero-order chi connectivity index (χ0) is 18.6. The van der Waals surface area contributed by atoms with Crippen molar-refractivity contribution >= 4 is 28.3 Å². The zero-order valence-corrected chi connectivity index (χ0v) is 15.5. The van der Waals surface area contributed by atoms with Crippen LogP contribution in [0.4, 0.5) is 4.39 Å². The summed E-state index contributed by atoms with van der Waals surface area (Å²) in [5.41, 5.74) is 1.81. The molecule has 3 aromatic rings. The van der Waals surface area contributed by atoms with E-state index in [4.69, 9.17) is 4.74 Å². The first-order chi connectivity index (χ1) is 13.2. The van der Waals surface area contributed by atoms with E-state index in [1.54, 1.807) is 11.4 Å². The minimum absolute atomic E-state index is 0.193. The first kappa shape index (κ1) is 18.0. The molecule has 0 atom stereocenters. The Hall–Kier alpha value is -2.36. The number of nitrogens with zero attached hydrogens (tertiary/aromatic N) is 3. The highest BCUT2D eigenvalue weighted by atomic mass is 32.1. The van der Waals surface area contributed by atoms with Crippen molar-refractivity contribution in [3.8, 4) is 0 Å². The van der Waals surface area contributed by atoms with E-state index in [-0.39, 0.29) is 11.7 Å². The van der Waals surface area contributed by atoms with Crippen LogP contribution in [0.2, 0.25) is 0 Å². The maximum absolute atomic E-state index is 13.2. The SMILES string of the molecule is O=C(NCCc1nc2ccc(F)cc2[nH]1)c1csc(CN2CCOCC2)n1. The number of morpholine rings is 1. The number of hydrogen-bond donors (Lipinski definition) is 2. The third-order valence-electron chi connectivity index (χ3n) is 4.39. The van der Waals surface area contributed by atoms with Gasteiger partial charge in [0, 0.05) is 31.4 Å². The van der Waals surface area contributed by atoms with Crippen LogP contribution in [0.1, 0.15) is 21.3 Å². The number of nitrogens with one attached hydrogen (secondary N) is 2. The van der Waals surface area contributed by atoms with Gasteiger partial charge in [-0.15, -0.1) is 11.3 Å². The second-order valence-electron chi connectivity index (χ2n) is 6.37. The third kappa shape index (κ3) is 4.49. The Bertz CT molecular complexity index is 935. The lowest BCUT2D eigenvalue weighted by Crippen LogP contribution is -2.35. The number of imidazole rings is 1. The van der Waals surface area contributed by atoms with Crippen molar-refractivity contribution in [1.29, 1.82) is 0 Å². The quantitative estimate of drug-likeness (QED) is 0.673. The smallest absolute Gasteiger partial charge is 0.270 e. The van der Waals surface area contributed by atoms with Crippen LogP contribution in [-0.2, 0) is 17.7 Å². The Kier molecular flexibility index (Phi) is 5.42. The van der Waals surface area contributed by atoms with E-state index in [0.717, 1.165) is 37.9 Å². The van der Waals surface area contributed by atoms with Gasteiger partial charge in [-0.2, -0.15) is 0 Å². The Morgan fingerprint density at radius 2 is 2.19 bits per heavy atom. The molecule has 2 N–H and O–H groups in total. The molecular formula is C18H20FN5O2S. The predicted molar refractivity (Wildman–Crippen MR) is 100 cm³/mol. The van der Waals surface area contributed by atoms with Crippen LogP contribution >= 0.6 is 11.3 Å². The summed E-state index contributed by atoms with van der Waals surface area (Å²) in [5.74, 6) is 0.214. The molecule has 0 spiro atoms. The number of aromatic nitrogens is 3. The summed E-state index contributed by atoms with van der Waals surface area (Å²) in [6, 6.07) is 4.43. The van der Waals surface area contributed by atoms with Crippen LogP contribution < -0.4 is 5.32 Å². The molecule has 142 valence electrons. The lowest BCUT2D eigenvalue weighted by Gasteiger charge is -2.25. The van der Waals surface area contributed by atoms with Gasteiger partial charge in [0.15, 0.2) is 0 Å². The highest BCUT2D eigenvalue weighted by molar-refractivity contribution is 7.09. The van der Waals surface area contributed by atoms with Crippen molar-refractivity contribution in [1.82, 2.24) is 25.2 Å². The number of carbonyl (C=O) groups excluding carboxylic acids is 1. The number of rotatable bonds is 6. The summed E-state index contributed by atoms with van der Waals surface area (Å²) < 4.78 is 18.6. The molecule has 1 fully saturated rings. The minimum atomic E-state index is -0.303. The Labute approximate surface area is 159 Å². The van der Waals surface area contributed by atoms with Gasteiger partial charge in [0.2, 0.25) is 0 Å². The van der Waals surface area contributed by atoms with Crippen molar-refractivity contribution in [3.63, 3.8) is 0 Å². The van der Waals surface area contributed by atoms with Gasteiger partial charge in [0.25, 0.3) is 5.91 Å². The van der Waals surface area contributed by atoms with Crippen LogP contribution in [0.25, 0.3) is 11.0 Å². The van der Waals surface area contributed by atoms with Crippen molar-refractivity contribution < 1.29 is 13.9 Å². The first-order valence-corrected chi connectivity index (χ1v) is 9.72. The second kappa shape index (κ2) is 8.12. The van der Waals surface area contributed by atoms with E-state index < -0.39 is 0 Å². The number of ether oxygens (including phenoxy) is 1. The fraction of sp³-hybridized carbons (Fsp3) is 0.389. The Morgan fingerprint density at radius 3 is 3.04 bits per heavy atom. The van der Waals surface area contributed by atoms with Crippen LogP contribution in [0.3, 0.4) is 0 Å². The van der Waals surface area contributed by atoms with Crippen LogP contribution in [0.5, 0.6) is 0 Å². The predicted octanol–water partition coefficient (Wildman–Crippen LogP) is 1.96. The van der Waals surface area contributed by atoms with Crippen molar-refractivity contribution in [3.05, 3.63) is 45.9 Å². The largest absolute Gasteiger partial charge is 0.379 e. The molecule has 1 aliphatic heterocycles. The summed E-state index contributed by atoms with van der Waals surface area (Å²) in [4.78, 5) is 26.4. The molecule has 1 aliphatic rings. The molecule has 1 saturated heterocycles. The molecule has 0 bridgehead atoms. The van der Waals surface area contributed by atoms with Gasteiger partial charge < -0.3 is 15.0 Å². The number of benzene rings is 1. The van der Waals surface area contributed by atoms with Crippen LogP contribution in [-0.4, -0.2) is 58.6 Å². The molecule has 1 aromatic carbocycles. The van der Waals surface area contributed by atoms with Gasteiger partial charge in [-0.1, -0.05) is 0 Å². The monoisotopic (exact) mass is 389 g/mol. The maximum Gasteiger partial charge on any atom is 0.270 e. The molecule has 2 aromatic heterocycles. The standard InChI is InChI=1S/C18H20FN5O2S/c19-12-1-2-13-14(9-12)22-16(21-13)3-4-20-18(25)15-11-27-17(23-15)10-24-5-7-26-8-6-24/h1-2,9,11H,3-8,10H2,(H,20,25)(H,21,22). The normalized spacial score (nSPS) is 15.3. The molecule has 4 rings (SSSR count).